The number of aliphatic carboxylic acids is 1. The van der Waals surface area contributed by atoms with Gasteiger partial charge in [-0.15, -0.1) is 0 Å². The molecule has 0 aliphatic heterocycles. The topological polar surface area (TPSA) is 171 Å². The molecule has 7 N–H and O–H groups in total. The molecule has 0 aliphatic rings. The number of phenolic OH excluding ortho intramolecular Hbond substituents is 1. The van der Waals surface area contributed by atoms with Gasteiger partial charge in [0.15, 0.2) is 0 Å². The number of rotatable bonds is 12. The van der Waals surface area contributed by atoms with E-state index in [2.05, 4.69) is 16.0 Å². The van der Waals surface area contributed by atoms with Gasteiger partial charge < -0.3 is 31.9 Å². The van der Waals surface area contributed by atoms with E-state index in [4.69, 9.17) is 5.73 Å². The molecule has 0 fully saturated rings. The summed E-state index contributed by atoms with van der Waals surface area (Å²) >= 11 is 0. The highest BCUT2D eigenvalue weighted by Gasteiger charge is 2.32. The maximum Gasteiger partial charge on any atom is 0.326 e. The molecule has 0 radical (unpaired) electrons. The number of phenols is 1. The highest BCUT2D eigenvalue weighted by atomic mass is 16.4. The summed E-state index contributed by atoms with van der Waals surface area (Å²) in [7, 11) is 0. The molecule has 0 aromatic heterocycles. The van der Waals surface area contributed by atoms with Crippen molar-refractivity contribution < 1.29 is 29.4 Å². The molecule has 0 spiro atoms. The first kappa shape index (κ1) is 26.9. The number of amides is 3. The van der Waals surface area contributed by atoms with E-state index in [1.165, 1.54) is 12.1 Å². The summed E-state index contributed by atoms with van der Waals surface area (Å²) in [5, 5.41) is 26.6. The second-order valence-electron chi connectivity index (χ2n) is 8.14. The van der Waals surface area contributed by atoms with Crippen LogP contribution < -0.4 is 21.7 Å². The van der Waals surface area contributed by atoms with Crippen molar-refractivity contribution in [3.8, 4) is 5.75 Å². The number of carbonyl (C=O) groups is 4. The molecule has 178 valence electrons. The molecular weight excluding hydrogens is 416 g/mol. The molecule has 10 nitrogen and oxygen atoms in total. The second kappa shape index (κ2) is 12.7. The van der Waals surface area contributed by atoms with Crippen LogP contribution in [0.5, 0.6) is 5.75 Å². The normalized spacial score (nSPS) is 14.7. The number of carboxylic acid groups (broad SMARTS) is 1. The van der Waals surface area contributed by atoms with Gasteiger partial charge in [-0.3, -0.25) is 14.4 Å². The number of nitrogens with one attached hydrogen (secondary N) is 3. The van der Waals surface area contributed by atoms with Gasteiger partial charge in [-0.1, -0.05) is 46.2 Å². The largest absolute Gasteiger partial charge is 0.508 e. The van der Waals surface area contributed by atoms with Gasteiger partial charge in [0.2, 0.25) is 17.7 Å². The minimum atomic E-state index is -1.15. The van der Waals surface area contributed by atoms with E-state index in [9.17, 15) is 29.4 Å². The van der Waals surface area contributed by atoms with Crippen molar-refractivity contribution in [2.24, 2.45) is 17.6 Å². The van der Waals surface area contributed by atoms with Gasteiger partial charge in [-0.2, -0.15) is 0 Å². The molecule has 32 heavy (non-hydrogen) atoms. The quantitative estimate of drug-likeness (QED) is 0.263. The molecule has 1 aromatic rings. The Morgan fingerprint density at radius 1 is 0.938 bits per heavy atom. The Morgan fingerprint density at radius 2 is 1.50 bits per heavy atom. The monoisotopic (exact) mass is 450 g/mol. The van der Waals surface area contributed by atoms with Crippen LogP contribution in [0.3, 0.4) is 0 Å². The lowest BCUT2D eigenvalue weighted by atomic mass is 9.97. The summed E-state index contributed by atoms with van der Waals surface area (Å²) in [6.07, 6.45) is 0.657. The molecule has 4 unspecified atom stereocenters. The third kappa shape index (κ3) is 8.18. The van der Waals surface area contributed by atoms with Crippen molar-refractivity contribution in [2.45, 2.75) is 58.7 Å². The fourth-order valence-electron chi connectivity index (χ4n) is 3.05. The van der Waals surface area contributed by atoms with Crippen LogP contribution in [-0.4, -0.2) is 58.6 Å². The van der Waals surface area contributed by atoms with Gasteiger partial charge in [0.1, 0.15) is 23.9 Å². The molecule has 0 heterocycles. The minimum absolute atomic E-state index is 0.0616. The molecule has 0 saturated heterocycles. The Hall–Kier alpha value is -3.14. The fourth-order valence-corrected chi connectivity index (χ4v) is 3.05. The van der Waals surface area contributed by atoms with Gasteiger partial charge in [-0.25, -0.2) is 4.79 Å². The summed E-state index contributed by atoms with van der Waals surface area (Å²) in [4.78, 5) is 49.2. The Morgan fingerprint density at radius 3 is 1.97 bits per heavy atom. The van der Waals surface area contributed by atoms with Gasteiger partial charge in [0.05, 0.1) is 6.54 Å². The lowest BCUT2D eigenvalue weighted by molar-refractivity contribution is -0.144. The molecular formula is C22H34N4O6. The van der Waals surface area contributed by atoms with E-state index in [1.807, 2.05) is 6.92 Å². The SMILES string of the molecule is CCC(C)C(NC(=O)C(NC(=O)C(Cc1ccc(O)cc1)NC(=O)CN)C(C)C)C(=O)O. The maximum atomic E-state index is 13.0. The first-order valence-corrected chi connectivity index (χ1v) is 10.6. The third-order valence-corrected chi connectivity index (χ3v) is 5.24. The minimum Gasteiger partial charge on any atom is -0.508 e. The van der Waals surface area contributed by atoms with E-state index >= 15 is 0 Å². The van der Waals surface area contributed by atoms with Crippen LogP contribution in [0.4, 0.5) is 0 Å². The van der Waals surface area contributed by atoms with Crippen LogP contribution in [0.1, 0.15) is 39.7 Å². The van der Waals surface area contributed by atoms with E-state index in [1.54, 1.807) is 32.9 Å². The first-order chi connectivity index (χ1) is 15.0. The lowest BCUT2D eigenvalue weighted by Crippen LogP contribution is -2.58. The summed E-state index contributed by atoms with van der Waals surface area (Å²) in [6, 6.07) is 3.03. The van der Waals surface area contributed by atoms with Crippen LogP contribution in [-0.2, 0) is 25.6 Å². The number of nitrogens with two attached hydrogens (primary N) is 1. The molecule has 1 rings (SSSR count). The van der Waals surface area contributed by atoms with Crippen LogP contribution in [0.2, 0.25) is 0 Å². The second-order valence-corrected chi connectivity index (χ2v) is 8.14. The molecule has 0 bridgehead atoms. The summed E-state index contributed by atoms with van der Waals surface area (Å²) in [5.41, 5.74) is 6.03. The predicted octanol–water partition coefficient (Wildman–Crippen LogP) is 0.135. The van der Waals surface area contributed by atoms with Crippen LogP contribution in [0.25, 0.3) is 0 Å². The lowest BCUT2D eigenvalue weighted by Gasteiger charge is -2.28. The summed E-state index contributed by atoms with van der Waals surface area (Å²) in [6.45, 7) is 6.66. The van der Waals surface area contributed by atoms with E-state index < -0.39 is 41.8 Å². The molecule has 10 heteroatoms. The van der Waals surface area contributed by atoms with Gasteiger partial charge in [0.25, 0.3) is 0 Å². The average molecular weight is 451 g/mol. The number of hydrogen-bond acceptors (Lipinski definition) is 6. The average Bonchev–Trinajstić information content (AvgIpc) is 2.75. The van der Waals surface area contributed by atoms with Crippen molar-refractivity contribution in [3.63, 3.8) is 0 Å². The standard InChI is InChI=1S/C22H34N4O6/c1-5-13(4)19(22(31)32)26-21(30)18(12(2)3)25-20(29)16(24-17(28)11-23)10-14-6-8-15(27)9-7-14/h6-9,12-13,16,18-19,27H,5,10-11,23H2,1-4H3,(H,24,28)(H,25,29)(H,26,30)(H,31,32). The molecule has 1 aromatic carbocycles. The molecule has 4 atom stereocenters. The zero-order valence-corrected chi connectivity index (χ0v) is 18.9. The summed E-state index contributed by atoms with van der Waals surface area (Å²) in [5.74, 6) is -3.50. The van der Waals surface area contributed by atoms with Crippen LogP contribution >= 0.6 is 0 Å². The highest BCUT2D eigenvalue weighted by Crippen LogP contribution is 2.13. The van der Waals surface area contributed by atoms with Gasteiger partial charge in [0, 0.05) is 6.42 Å². The summed E-state index contributed by atoms with van der Waals surface area (Å²) < 4.78 is 0. The highest BCUT2D eigenvalue weighted by molar-refractivity contribution is 5.93. The number of carboxylic acids is 1. The predicted molar refractivity (Wildman–Crippen MR) is 119 cm³/mol. The van der Waals surface area contributed by atoms with Gasteiger partial charge >= 0.3 is 5.97 Å². The number of aromatic hydroxyl groups is 1. The van der Waals surface area contributed by atoms with Crippen molar-refractivity contribution in [1.29, 1.82) is 0 Å². The van der Waals surface area contributed by atoms with E-state index in [-0.39, 0.29) is 30.6 Å². The van der Waals surface area contributed by atoms with Crippen LogP contribution in [0, 0.1) is 11.8 Å². The van der Waals surface area contributed by atoms with Crippen molar-refractivity contribution in [2.75, 3.05) is 6.54 Å². The number of benzene rings is 1. The Balaban J connectivity index is 3.02. The van der Waals surface area contributed by atoms with Gasteiger partial charge in [-0.05, 0) is 29.5 Å². The third-order valence-electron chi connectivity index (χ3n) is 5.24. The fraction of sp³-hybridized carbons (Fsp3) is 0.545. The van der Waals surface area contributed by atoms with Crippen molar-refractivity contribution in [3.05, 3.63) is 29.8 Å². The molecule has 0 saturated carbocycles. The van der Waals surface area contributed by atoms with E-state index in [0.717, 1.165) is 0 Å². The van der Waals surface area contributed by atoms with E-state index in [0.29, 0.717) is 12.0 Å². The number of hydrogen-bond donors (Lipinski definition) is 6. The van der Waals surface area contributed by atoms with Crippen molar-refractivity contribution in [1.82, 2.24) is 16.0 Å². The zero-order valence-electron chi connectivity index (χ0n) is 18.9. The van der Waals surface area contributed by atoms with Crippen LogP contribution in [0.15, 0.2) is 24.3 Å². The Bertz CT molecular complexity index is 796. The Kier molecular flexibility index (Phi) is 10.6. The van der Waals surface area contributed by atoms with Crippen molar-refractivity contribution >= 4 is 23.7 Å². The number of carbonyl (C=O) groups excluding carboxylic acids is 3. The molecule has 3 amide bonds. The first-order valence-electron chi connectivity index (χ1n) is 10.6. The smallest absolute Gasteiger partial charge is 0.326 e. The maximum absolute atomic E-state index is 13.0. The zero-order chi connectivity index (χ0) is 24.4. The Labute approximate surface area is 187 Å². The molecule has 0 aliphatic carbocycles.